The highest BCUT2D eigenvalue weighted by atomic mass is 35.5. The number of rotatable bonds is 34. The van der Waals surface area contributed by atoms with Gasteiger partial charge in [0.05, 0.1) is 24.8 Å². The van der Waals surface area contributed by atoms with Gasteiger partial charge in [-0.05, 0) is 142 Å². The minimum atomic E-state index is -1.10. The number of carboxylic acid groups (broad SMARTS) is 1. The fraction of sp³-hybridized carbons (Fsp3) is 0.207. The molecule has 1 fully saturated rings. The van der Waals surface area contributed by atoms with Gasteiger partial charge < -0.3 is 53.0 Å². The third kappa shape index (κ3) is 25.1. The Morgan fingerprint density at radius 3 is 1.21 bits per heavy atom. The molecule has 12 aromatic rings. The molecule has 2 atom stereocenters. The van der Waals surface area contributed by atoms with Crippen LogP contribution in [0.15, 0.2) is 304 Å². The molecule has 566 valence electrons. The van der Waals surface area contributed by atoms with Gasteiger partial charge in [-0.2, -0.15) is 0 Å². The highest BCUT2D eigenvalue weighted by Gasteiger charge is 2.45. The summed E-state index contributed by atoms with van der Waals surface area (Å²) in [5, 5.41) is 9.53. The summed E-state index contributed by atoms with van der Waals surface area (Å²) in [4.78, 5) is 69.9. The minimum Gasteiger partial charge on any atom is -0.493 e. The summed E-state index contributed by atoms with van der Waals surface area (Å²) in [6, 6.07) is 90.8. The molecule has 9 aromatic carbocycles. The number of benzene rings is 9. The molecule has 0 spiro atoms. The molecule has 1 N–H and O–H groups in total. The third-order valence-electron chi connectivity index (χ3n) is 18.2. The molecule has 2 unspecified atom stereocenters. The van der Waals surface area contributed by atoms with Crippen LogP contribution in [0, 0.1) is 5.92 Å². The molecular weight excluding hydrogens is 1420 g/mol. The van der Waals surface area contributed by atoms with E-state index in [2.05, 4.69) is 27.1 Å². The topological polar surface area (TPSA) is 202 Å². The molecule has 1 saturated carbocycles. The Labute approximate surface area is 653 Å². The zero-order chi connectivity index (χ0) is 77.2. The Bertz CT molecular complexity index is 4850. The summed E-state index contributed by atoms with van der Waals surface area (Å²) in [7, 11) is 3.26. The minimum absolute atomic E-state index is 0.0292. The first-order valence-electron chi connectivity index (χ1n) is 36.8. The summed E-state index contributed by atoms with van der Waals surface area (Å²) in [6.07, 6.45) is 7.69. The molecule has 0 radical (unpaired) electrons. The Kier molecular flexibility index (Phi) is 30.0. The molecule has 3 amide bonds. The Balaban J connectivity index is 0.000000165. The Hall–Kier alpha value is -12.8. The molecule has 0 bridgehead atoms. The van der Waals surface area contributed by atoms with Gasteiger partial charge in [0.1, 0.15) is 26.4 Å². The maximum atomic E-state index is 13.6. The van der Waals surface area contributed by atoms with Crippen molar-refractivity contribution in [2.24, 2.45) is 5.92 Å². The highest BCUT2D eigenvalue weighted by molar-refractivity contribution is 6.33. The van der Waals surface area contributed by atoms with Gasteiger partial charge in [0.15, 0.2) is 41.1 Å². The Morgan fingerprint density at radius 2 is 0.775 bits per heavy atom. The van der Waals surface area contributed by atoms with E-state index >= 15 is 0 Å². The predicted octanol–water partition coefficient (Wildman–Crippen LogP) is 17.8. The van der Waals surface area contributed by atoms with E-state index < -0.39 is 12.6 Å². The second kappa shape index (κ2) is 42.1. The second-order valence-corrected chi connectivity index (χ2v) is 26.7. The number of amides is 3. The largest absolute Gasteiger partial charge is 0.493 e. The number of hydrogen-bond acceptors (Lipinski definition) is 14. The summed E-state index contributed by atoms with van der Waals surface area (Å²) >= 11 is 6.33. The molecular formula is C92H89ClN6O12. The first-order valence-corrected chi connectivity index (χ1v) is 37.1. The van der Waals surface area contributed by atoms with Crippen LogP contribution in [0.2, 0.25) is 5.02 Å². The lowest BCUT2D eigenvalue weighted by molar-refractivity contribution is -0.139. The summed E-state index contributed by atoms with van der Waals surface area (Å²) in [6.45, 7) is 3.52. The zero-order valence-electron chi connectivity index (χ0n) is 62.1. The average Bonchev–Trinajstić information content (AvgIpc) is 1.61. The number of aliphatic carboxylic acids is 1. The van der Waals surface area contributed by atoms with Crippen molar-refractivity contribution < 1.29 is 57.4 Å². The number of hydrogen-bond donors (Lipinski definition) is 1. The molecule has 0 aliphatic heterocycles. The lowest BCUT2D eigenvalue weighted by atomic mass is 10.1. The van der Waals surface area contributed by atoms with Gasteiger partial charge in [0, 0.05) is 100 Å². The van der Waals surface area contributed by atoms with Crippen molar-refractivity contribution in [1.29, 1.82) is 0 Å². The lowest BCUT2D eigenvalue weighted by Gasteiger charge is -2.24. The number of pyridine rings is 3. The van der Waals surface area contributed by atoms with Crippen LogP contribution in [0.5, 0.6) is 34.5 Å². The molecule has 1 aliphatic carbocycles. The van der Waals surface area contributed by atoms with E-state index in [4.69, 9.17) is 49.9 Å². The summed E-state index contributed by atoms with van der Waals surface area (Å²) in [5.74, 6) is 2.53. The van der Waals surface area contributed by atoms with E-state index in [1.54, 1.807) is 79.0 Å². The maximum absolute atomic E-state index is 13.6. The fourth-order valence-corrected chi connectivity index (χ4v) is 12.5. The van der Waals surface area contributed by atoms with E-state index in [9.17, 15) is 19.2 Å². The van der Waals surface area contributed by atoms with Crippen molar-refractivity contribution in [3.63, 3.8) is 0 Å². The molecule has 3 heterocycles. The number of nitrogens with zero attached hydrogens (tertiary/aromatic N) is 6. The fourth-order valence-electron chi connectivity index (χ4n) is 12.3. The van der Waals surface area contributed by atoms with Crippen LogP contribution >= 0.6 is 11.6 Å². The molecule has 19 heteroatoms. The van der Waals surface area contributed by atoms with Gasteiger partial charge in [0.2, 0.25) is 5.91 Å². The van der Waals surface area contributed by atoms with Crippen LogP contribution in [-0.4, -0.2) is 99.1 Å². The Morgan fingerprint density at radius 1 is 0.396 bits per heavy atom. The summed E-state index contributed by atoms with van der Waals surface area (Å²) in [5.41, 5.74) is 11.2. The number of halogens is 1. The van der Waals surface area contributed by atoms with Gasteiger partial charge in [0.25, 0.3) is 5.91 Å². The number of carbonyl (C=O) groups is 4. The van der Waals surface area contributed by atoms with Crippen LogP contribution in [0.25, 0.3) is 0 Å². The molecule has 1 aliphatic rings. The second-order valence-electron chi connectivity index (χ2n) is 26.3. The number of aromatic nitrogens is 3. The van der Waals surface area contributed by atoms with Crippen molar-refractivity contribution >= 4 is 35.5 Å². The standard InChI is InChI=1S/C32H32N2O3.C30H27ClN2O5.C30H30N2O4/c1-36-31-20-25(15-16-30(31)37-23-24-10-4-2-5-11-24)22-34(19-17-27-14-8-9-18-33-27)32(35)29-21-28(29)26-12-6-3-7-13-26;31-26-12-5-4-11-25(26)30(36)33(17-15-24-10-6-7-16-32-24)19-23-13-14-27(28(18-23)38-21-29(34)35)37-20-22-8-2-1-3-9-22;1-34-29-20-26(15-16-28(29)35-22-24-10-4-2-5-11-24)21-32(19-17-27-14-8-9-18-31-27)30(33)36-23-25-12-6-3-7-13-25/h2-16,18,20,28-29H,17,19,21-23H2,1H3;1-14,16,18H,15,17,19-21H2,(H,34,35);2-16,18,20H,17,19,21-23H2,1H3. The number of carboxylic acids is 1. The zero-order valence-corrected chi connectivity index (χ0v) is 62.9. The SMILES string of the molecule is COc1cc(CN(CCc2ccccn2)C(=O)C2CC2c2ccccc2)ccc1OCc1ccccc1.COc1cc(CN(CCc2ccccn2)C(=O)OCc2ccccc2)ccc1OCc1ccccc1.O=C(O)COc1cc(CN(CCc2ccccn2)C(=O)c2ccccc2Cl)ccc1OCc1ccccc1. The number of carbonyl (C=O) groups excluding carboxylic acids is 3. The van der Waals surface area contributed by atoms with Crippen LogP contribution < -0.4 is 28.4 Å². The van der Waals surface area contributed by atoms with Gasteiger partial charge in [-0.3, -0.25) is 24.5 Å². The van der Waals surface area contributed by atoms with Crippen LogP contribution in [0.4, 0.5) is 4.79 Å². The third-order valence-corrected chi connectivity index (χ3v) is 18.6. The first kappa shape index (κ1) is 79.2. The van der Waals surface area contributed by atoms with Crippen molar-refractivity contribution in [2.75, 3.05) is 40.5 Å². The highest BCUT2D eigenvalue weighted by Crippen LogP contribution is 2.49. The molecule has 111 heavy (non-hydrogen) atoms. The van der Waals surface area contributed by atoms with Crippen molar-refractivity contribution in [2.45, 2.75) is 77.7 Å². The normalized spacial score (nSPS) is 12.4. The maximum Gasteiger partial charge on any atom is 0.410 e. The van der Waals surface area contributed by atoms with Gasteiger partial charge in [-0.1, -0.05) is 212 Å². The van der Waals surface area contributed by atoms with E-state index in [0.717, 1.165) is 62.4 Å². The van der Waals surface area contributed by atoms with Crippen LogP contribution in [-0.2, 0) is 79.7 Å². The van der Waals surface area contributed by atoms with Crippen LogP contribution in [0.1, 0.15) is 84.3 Å². The molecule has 0 saturated heterocycles. The average molecular weight is 1510 g/mol. The number of methoxy groups -OCH3 is 2. The smallest absolute Gasteiger partial charge is 0.410 e. The van der Waals surface area contributed by atoms with Crippen molar-refractivity contribution in [1.82, 2.24) is 29.7 Å². The quantitative estimate of drug-likeness (QED) is 0.0399. The van der Waals surface area contributed by atoms with Gasteiger partial charge in [-0.15, -0.1) is 0 Å². The van der Waals surface area contributed by atoms with E-state index in [-0.39, 0.29) is 42.7 Å². The molecule has 18 nitrogen and oxygen atoms in total. The van der Waals surface area contributed by atoms with E-state index in [1.165, 1.54) is 5.56 Å². The predicted molar refractivity (Wildman–Crippen MR) is 428 cm³/mol. The number of ether oxygens (including phenoxy) is 7. The molecule has 13 rings (SSSR count). The van der Waals surface area contributed by atoms with E-state index in [0.29, 0.717) is 117 Å². The summed E-state index contributed by atoms with van der Waals surface area (Å²) < 4.78 is 40.3. The lowest BCUT2D eigenvalue weighted by Crippen LogP contribution is -2.34. The van der Waals surface area contributed by atoms with Crippen molar-refractivity contribution in [3.05, 3.63) is 376 Å². The molecule has 3 aromatic heterocycles. The monoisotopic (exact) mass is 1500 g/mol. The van der Waals surface area contributed by atoms with Crippen molar-refractivity contribution in [3.8, 4) is 34.5 Å². The first-order chi connectivity index (χ1) is 54.4. The van der Waals surface area contributed by atoms with Crippen LogP contribution in [0.3, 0.4) is 0 Å². The van der Waals surface area contributed by atoms with Gasteiger partial charge >= 0.3 is 12.1 Å². The van der Waals surface area contributed by atoms with Gasteiger partial charge in [-0.25, -0.2) is 9.59 Å². The van der Waals surface area contributed by atoms with E-state index in [1.807, 2.05) is 241 Å².